The van der Waals surface area contributed by atoms with Crippen molar-refractivity contribution in [2.45, 2.75) is 26.3 Å². The molecule has 1 heteroatoms. The Labute approximate surface area is 85.4 Å². The minimum atomic E-state index is 0.217. The van der Waals surface area contributed by atoms with Crippen molar-refractivity contribution >= 4 is 6.08 Å². The second-order valence-electron chi connectivity index (χ2n) is 4.73. The van der Waals surface area contributed by atoms with Gasteiger partial charge in [-0.1, -0.05) is 25.1 Å². The summed E-state index contributed by atoms with van der Waals surface area (Å²) >= 11 is 0. The van der Waals surface area contributed by atoms with Gasteiger partial charge in [0.15, 0.2) is 5.54 Å². The highest BCUT2D eigenvalue weighted by atomic mass is 15.1. The van der Waals surface area contributed by atoms with E-state index in [0.29, 0.717) is 5.92 Å². The fourth-order valence-corrected chi connectivity index (χ4v) is 2.02. The molecule has 0 fully saturated rings. The number of rotatable bonds is 0. The second kappa shape index (κ2) is 2.94. The Morgan fingerprint density at radius 3 is 2.57 bits per heavy atom. The van der Waals surface area contributed by atoms with Crippen molar-refractivity contribution in [2.75, 3.05) is 7.05 Å². The molecule has 1 unspecified atom stereocenters. The SMILES string of the molecule is CC1C=c2ccccc2=[N+](C)C1(C)C. The van der Waals surface area contributed by atoms with Crippen molar-refractivity contribution in [3.63, 3.8) is 0 Å². The topological polar surface area (TPSA) is 3.01 Å². The summed E-state index contributed by atoms with van der Waals surface area (Å²) in [5, 5.41) is 2.71. The second-order valence-corrected chi connectivity index (χ2v) is 4.73. The Bertz CT molecular complexity index is 468. The van der Waals surface area contributed by atoms with E-state index in [9.17, 15) is 0 Å². The van der Waals surface area contributed by atoms with Crippen LogP contribution in [0.4, 0.5) is 0 Å². The van der Waals surface area contributed by atoms with Crippen LogP contribution in [0.15, 0.2) is 24.3 Å². The molecule has 2 rings (SSSR count). The van der Waals surface area contributed by atoms with Gasteiger partial charge in [0.2, 0.25) is 5.36 Å². The average molecular weight is 188 g/mol. The number of para-hydroxylation sites is 1. The predicted molar refractivity (Wildman–Crippen MR) is 60.6 cm³/mol. The summed E-state index contributed by atoms with van der Waals surface area (Å²) in [6.45, 7) is 6.88. The lowest BCUT2D eigenvalue weighted by Crippen LogP contribution is -2.55. The molecule has 0 aromatic heterocycles. The molecule has 0 saturated carbocycles. The quantitative estimate of drug-likeness (QED) is 0.535. The van der Waals surface area contributed by atoms with E-state index in [2.05, 4.69) is 62.7 Å². The van der Waals surface area contributed by atoms with Crippen molar-refractivity contribution in [1.29, 1.82) is 0 Å². The normalized spacial score (nSPS) is 24.0. The monoisotopic (exact) mass is 188 g/mol. The molecule has 1 nitrogen and oxygen atoms in total. The van der Waals surface area contributed by atoms with E-state index in [4.69, 9.17) is 0 Å². The summed E-state index contributed by atoms with van der Waals surface area (Å²) in [5.74, 6) is 0.586. The molecule has 1 aromatic carbocycles. The Kier molecular flexibility index (Phi) is 1.99. The van der Waals surface area contributed by atoms with Crippen LogP contribution in [0.25, 0.3) is 6.08 Å². The zero-order chi connectivity index (χ0) is 10.3. The van der Waals surface area contributed by atoms with E-state index in [1.54, 1.807) is 0 Å². The Morgan fingerprint density at radius 2 is 1.86 bits per heavy atom. The highest BCUT2D eigenvalue weighted by Crippen LogP contribution is 2.20. The lowest BCUT2D eigenvalue weighted by atomic mass is 9.85. The van der Waals surface area contributed by atoms with Crippen molar-refractivity contribution in [1.82, 2.24) is 4.58 Å². The fraction of sp³-hybridized carbons (Fsp3) is 0.462. The molecule has 1 heterocycles. The molecule has 0 aliphatic carbocycles. The Balaban J connectivity index is 2.86. The number of nitrogens with zero attached hydrogens (tertiary/aromatic N) is 1. The number of benzene rings is 1. The molecule has 0 saturated heterocycles. The highest BCUT2D eigenvalue weighted by molar-refractivity contribution is 5.32. The van der Waals surface area contributed by atoms with Crippen LogP contribution >= 0.6 is 0 Å². The van der Waals surface area contributed by atoms with E-state index >= 15 is 0 Å². The zero-order valence-electron chi connectivity index (χ0n) is 9.41. The fourth-order valence-electron chi connectivity index (χ4n) is 2.02. The van der Waals surface area contributed by atoms with Crippen LogP contribution in [0.1, 0.15) is 20.8 Å². The molecule has 0 bridgehead atoms. The van der Waals surface area contributed by atoms with Gasteiger partial charge in [-0.25, -0.2) is 4.58 Å². The van der Waals surface area contributed by atoms with Crippen molar-refractivity contribution in [3.8, 4) is 0 Å². The summed E-state index contributed by atoms with van der Waals surface area (Å²) in [5.41, 5.74) is 0.217. The molecule has 1 aliphatic rings. The minimum absolute atomic E-state index is 0.217. The van der Waals surface area contributed by atoms with Gasteiger partial charge in [0.1, 0.15) is 7.05 Å². The molecule has 0 amide bonds. The molecule has 0 N–H and O–H groups in total. The lowest BCUT2D eigenvalue weighted by molar-refractivity contribution is 0.291. The van der Waals surface area contributed by atoms with Gasteiger partial charge in [-0.15, -0.1) is 0 Å². The van der Waals surface area contributed by atoms with Gasteiger partial charge >= 0.3 is 0 Å². The summed E-state index contributed by atoms with van der Waals surface area (Å²) in [6.07, 6.45) is 2.37. The van der Waals surface area contributed by atoms with E-state index in [0.717, 1.165) is 0 Å². The van der Waals surface area contributed by atoms with Gasteiger partial charge in [-0.05, 0) is 6.07 Å². The first-order chi connectivity index (χ1) is 6.53. The number of hydrogen-bond acceptors (Lipinski definition) is 0. The minimum Gasteiger partial charge on any atom is -0.227 e. The maximum absolute atomic E-state index is 2.38. The van der Waals surface area contributed by atoms with E-state index in [1.807, 2.05) is 0 Å². The van der Waals surface area contributed by atoms with Gasteiger partial charge in [-0.3, -0.25) is 0 Å². The summed E-state index contributed by atoms with van der Waals surface area (Å²) < 4.78 is 2.38. The molecule has 1 aromatic rings. The van der Waals surface area contributed by atoms with Crippen LogP contribution in [-0.2, 0) is 0 Å². The van der Waals surface area contributed by atoms with Crippen LogP contribution in [-0.4, -0.2) is 12.6 Å². The van der Waals surface area contributed by atoms with E-state index < -0.39 is 0 Å². The molecular weight excluding hydrogens is 170 g/mol. The molecule has 1 aliphatic heterocycles. The van der Waals surface area contributed by atoms with E-state index in [1.165, 1.54) is 10.6 Å². The van der Waals surface area contributed by atoms with Crippen LogP contribution in [0.2, 0.25) is 0 Å². The molecule has 74 valence electrons. The van der Waals surface area contributed by atoms with Crippen LogP contribution in [0.5, 0.6) is 0 Å². The first-order valence-corrected chi connectivity index (χ1v) is 5.21. The van der Waals surface area contributed by atoms with Crippen LogP contribution in [0, 0.1) is 5.92 Å². The molecule has 0 radical (unpaired) electrons. The van der Waals surface area contributed by atoms with Gasteiger partial charge in [-0.2, -0.15) is 0 Å². The maximum Gasteiger partial charge on any atom is 0.207 e. The molecular formula is C13H18N+. The van der Waals surface area contributed by atoms with Gasteiger partial charge < -0.3 is 0 Å². The van der Waals surface area contributed by atoms with Gasteiger partial charge in [0.05, 0.1) is 0 Å². The van der Waals surface area contributed by atoms with Crippen molar-refractivity contribution in [2.24, 2.45) is 5.92 Å². The smallest absolute Gasteiger partial charge is 0.207 e. The largest absolute Gasteiger partial charge is 0.227 e. The number of fused-ring (bicyclic) bond motifs is 1. The van der Waals surface area contributed by atoms with Crippen LogP contribution in [0.3, 0.4) is 0 Å². The third-order valence-electron chi connectivity index (χ3n) is 3.71. The summed E-state index contributed by atoms with van der Waals surface area (Å²) in [7, 11) is 2.18. The Hall–Kier alpha value is -1.11. The lowest BCUT2D eigenvalue weighted by Gasteiger charge is -2.28. The standard InChI is InChI=1S/C13H18N/c1-10-9-11-7-5-6-8-12(11)14(4)13(10,2)3/h5-10H,1-4H3/q+1. The van der Waals surface area contributed by atoms with E-state index in [-0.39, 0.29) is 5.54 Å². The zero-order valence-corrected chi connectivity index (χ0v) is 9.41. The highest BCUT2D eigenvalue weighted by Gasteiger charge is 2.35. The third-order valence-corrected chi connectivity index (χ3v) is 3.71. The molecule has 1 atom stereocenters. The summed E-state index contributed by atoms with van der Waals surface area (Å²) in [4.78, 5) is 0. The Morgan fingerprint density at radius 1 is 1.21 bits per heavy atom. The van der Waals surface area contributed by atoms with Gasteiger partial charge in [0.25, 0.3) is 0 Å². The maximum atomic E-state index is 2.38. The van der Waals surface area contributed by atoms with Crippen molar-refractivity contribution < 1.29 is 0 Å². The third kappa shape index (κ3) is 1.19. The van der Waals surface area contributed by atoms with Gasteiger partial charge in [0, 0.05) is 31.1 Å². The van der Waals surface area contributed by atoms with Crippen molar-refractivity contribution in [3.05, 3.63) is 34.8 Å². The summed E-state index contributed by atoms with van der Waals surface area (Å²) in [6, 6.07) is 8.60. The molecule has 14 heavy (non-hydrogen) atoms. The predicted octanol–water partition coefficient (Wildman–Crippen LogP) is 1.02. The molecule has 0 spiro atoms. The first-order valence-electron chi connectivity index (χ1n) is 5.21. The number of hydrogen-bond donors (Lipinski definition) is 0. The average Bonchev–Trinajstić information content (AvgIpc) is 2.15. The van der Waals surface area contributed by atoms with Crippen LogP contribution < -0.4 is 15.2 Å². The first kappa shape index (κ1) is 9.45.